The Morgan fingerprint density at radius 1 is 1.57 bits per heavy atom. The van der Waals surface area contributed by atoms with Gasteiger partial charge in [-0.05, 0) is 19.3 Å². The summed E-state index contributed by atoms with van der Waals surface area (Å²) in [7, 11) is 0. The Balaban J connectivity index is 2.02. The first-order valence-corrected chi connectivity index (χ1v) is 5.86. The van der Waals surface area contributed by atoms with Crippen molar-refractivity contribution < 1.29 is 0 Å². The molecule has 0 saturated heterocycles. The van der Waals surface area contributed by atoms with Gasteiger partial charge in [-0.3, -0.25) is 0 Å². The molecule has 1 heterocycles. The number of rotatable bonds is 4. The van der Waals surface area contributed by atoms with Crippen LogP contribution < -0.4 is 11.1 Å². The van der Waals surface area contributed by atoms with Gasteiger partial charge in [-0.2, -0.15) is 4.37 Å². The molecule has 14 heavy (non-hydrogen) atoms. The highest BCUT2D eigenvalue weighted by Gasteiger charge is 2.36. The fourth-order valence-corrected chi connectivity index (χ4v) is 2.43. The molecule has 78 valence electrons. The third-order valence-electron chi connectivity index (χ3n) is 2.86. The van der Waals surface area contributed by atoms with Crippen molar-refractivity contribution in [1.29, 1.82) is 0 Å². The lowest BCUT2D eigenvalue weighted by Gasteiger charge is -2.41. The van der Waals surface area contributed by atoms with E-state index in [9.17, 15) is 0 Å². The lowest BCUT2D eigenvalue weighted by molar-refractivity contribution is 0.287. The summed E-state index contributed by atoms with van der Waals surface area (Å²) in [5.41, 5.74) is 5.87. The number of anilines is 1. The van der Waals surface area contributed by atoms with Crippen molar-refractivity contribution >= 4 is 16.7 Å². The zero-order valence-electron chi connectivity index (χ0n) is 8.42. The fourth-order valence-electron chi connectivity index (χ4n) is 1.66. The average molecular weight is 212 g/mol. The monoisotopic (exact) mass is 212 g/mol. The van der Waals surface area contributed by atoms with Gasteiger partial charge >= 0.3 is 0 Å². The summed E-state index contributed by atoms with van der Waals surface area (Å²) in [6.45, 7) is 2.75. The predicted molar refractivity (Wildman–Crippen MR) is 58.5 cm³/mol. The Labute approximate surface area is 88.1 Å². The molecule has 1 aliphatic carbocycles. The first-order chi connectivity index (χ1) is 6.78. The summed E-state index contributed by atoms with van der Waals surface area (Å²) in [5.74, 6) is 0.920. The normalized spacial score (nSPS) is 19.0. The van der Waals surface area contributed by atoms with Crippen molar-refractivity contribution in [3.63, 3.8) is 0 Å². The van der Waals surface area contributed by atoms with Gasteiger partial charge < -0.3 is 11.1 Å². The fraction of sp³-hybridized carbons (Fsp3) is 0.778. The second-order valence-electron chi connectivity index (χ2n) is 3.83. The maximum Gasteiger partial charge on any atom is 0.203 e. The summed E-state index contributed by atoms with van der Waals surface area (Å²) in [4.78, 5) is 4.38. The summed E-state index contributed by atoms with van der Waals surface area (Å²) >= 11 is 1.44. The van der Waals surface area contributed by atoms with Crippen LogP contribution in [0.1, 0.15) is 32.0 Å². The van der Waals surface area contributed by atoms with Crippen LogP contribution in [-0.4, -0.2) is 21.4 Å². The molecule has 0 unspecified atom stereocenters. The molecule has 0 aromatic carbocycles. The number of hydrogen-bond acceptors (Lipinski definition) is 5. The second kappa shape index (κ2) is 3.82. The number of nitrogens with one attached hydrogen (secondary N) is 1. The lowest BCUT2D eigenvalue weighted by Crippen LogP contribution is -2.51. The predicted octanol–water partition coefficient (Wildman–Crippen LogP) is 1.39. The molecule has 0 bridgehead atoms. The minimum atomic E-state index is 0.116. The molecular weight excluding hydrogens is 196 g/mol. The Bertz CT molecular complexity index is 300. The van der Waals surface area contributed by atoms with E-state index >= 15 is 0 Å². The molecule has 3 N–H and O–H groups in total. The van der Waals surface area contributed by atoms with Crippen LogP contribution >= 0.6 is 11.5 Å². The van der Waals surface area contributed by atoms with Crippen LogP contribution in [0.2, 0.25) is 0 Å². The van der Waals surface area contributed by atoms with Gasteiger partial charge in [-0.1, -0.05) is 6.92 Å². The smallest absolute Gasteiger partial charge is 0.203 e. The zero-order chi connectivity index (χ0) is 10.0. The summed E-state index contributed by atoms with van der Waals surface area (Å²) in [6, 6.07) is 0. The molecule has 1 aliphatic rings. The molecule has 1 saturated carbocycles. The molecule has 1 fully saturated rings. The van der Waals surface area contributed by atoms with E-state index < -0.39 is 0 Å². The topological polar surface area (TPSA) is 63.8 Å². The SMILES string of the molecule is CCc1nsc(NC2(CN)CCC2)n1. The lowest BCUT2D eigenvalue weighted by atomic mass is 9.77. The highest BCUT2D eigenvalue weighted by Crippen LogP contribution is 2.34. The van der Waals surface area contributed by atoms with Crippen LogP contribution in [0.3, 0.4) is 0 Å². The molecule has 2 rings (SSSR count). The Morgan fingerprint density at radius 3 is 2.79 bits per heavy atom. The molecule has 0 aliphatic heterocycles. The van der Waals surface area contributed by atoms with Crippen molar-refractivity contribution in [3.05, 3.63) is 5.82 Å². The van der Waals surface area contributed by atoms with E-state index in [1.807, 2.05) is 0 Å². The van der Waals surface area contributed by atoms with Crippen LogP contribution in [0.25, 0.3) is 0 Å². The van der Waals surface area contributed by atoms with E-state index in [0.29, 0.717) is 6.54 Å². The maximum absolute atomic E-state index is 5.75. The van der Waals surface area contributed by atoms with Crippen molar-refractivity contribution in [3.8, 4) is 0 Å². The summed E-state index contributed by atoms with van der Waals surface area (Å²) in [5, 5.41) is 4.34. The van der Waals surface area contributed by atoms with E-state index in [1.54, 1.807) is 0 Å². The first-order valence-electron chi connectivity index (χ1n) is 5.09. The van der Waals surface area contributed by atoms with Gasteiger partial charge in [0.25, 0.3) is 0 Å². The van der Waals surface area contributed by atoms with Gasteiger partial charge in [0.2, 0.25) is 5.13 Å². The zero-order valence-corrected chi connectivity index (χ0v) is 9.23. The second-order valence-corrected chi connectivity index (χ2v) is 4.58. The number of nitrogens with two attached hydrogens (primary N) is 1. The number of aryl methyl sites for hydroxylation is 1. The van der Waals surface area contributed by atoms with Crippen molar-refractivity contribution in [2.45, 2.75) is 38.1 Å². The molecule has 0 radical (unpaired) electrons. The summed E-state index contributed by atoms with van der Waals surface area (Å²) in [6.07, 6.45) is 4.48. The highest BCUT2D eigenvalue weighted by molar-refractivity contribution is 7.09. The van der Waals surface area contributed by atoms with E-state index in [1.165, 1.54) is 18.0 Å². The molecule has 0 atom stereocenters. The van der Waals surface area contributed by atoms with E-state index in [0.717, 1.165) is 30.2 Å². The van der Waals surface area contributed by atoms with Crippen LogP contribution in [-0.2, 0) is 6.42 Å². The van der Waals surface area contributed by atoms with Crippen LogP contribution in [0.5, 0.6) is 0 Å². The number of nitrogens with zero attached hydrogens (tertiary/aromatic N) is 2. The molecule has 4 nitrogen and oxygen atoms in total. The van der Waals surface area contributed by atoms with Gasteiger partial charge in [-0.15, -0.1) is 0 Å². The molecule has 0 amide bonds. The number of aromatic nitrogens is 2. The highest BCUT2D eigenvalue weighted by atomic mass is 32.1. The quantitative estimate of drug-likeness (QED) is 0.791. The Hall–Kier alpha value is -0.680. The maximum atomic E-state index is 5.75. The van der Waals surface area contributed by atoms with E-state index in [4.69, 9.17) is 5.73 Å². The van der Waals surface area contributed by atoms with Crippen LogP contribution in [0.4, 0.5) is 5.13 Å². The van der Waals surface area contributed by atoms with Crippen molar-refractivity contribution in [1.82, 2.24) is 9.36 Å². The van der Waals surface area contributed by atoms with Crippen LogP contribution in [0.15, 0.2) is 0 Å². The van der Waals surface area contributed by atoms with E-state index in [2.05, 4.69) is 21.6 Å². The van der Waals surface area contributed by atoms with Crippen LogP contribution in [0, 0.1) is 0 Å². The van der Waals surface area contributed by atoms with Crippen molar-refractivity contribution in [2.75, 3.05) is 11.9 Å². The molecule has 5 heteroatoms. The van der Waals surface area contributed by atoms with Gasteiger partial charge in [0.15, 0.2) is 0 Å². The summed E-state index contributed by atoms with van der Waals surface area (Å²) < 4.78 is 4.24. The largest absolute Gasteiger partial charge is 0.354 e. The molecule has 1 aromatic heterocycles. The molecule has 0 spiro atoms. The third kappa shape index (κ3) is 1.74. The van der Waals surface area contributed by atoms with Gasteiger partial charge in [0, 0.05) is 24.5 Å². The van der Waals surface area contributed by atoms with Crippen molar-refractivity contribution in [2.24, 2.45) is 5.73 Å². The molecule has 1 aromatic rings. The van der Waals surface area contributed by atoms with Gasteiger partial charge in [0.1, 0.15) is 5.82 Å². The van der Waals surface area contributed by atoms with Gasteiger partial charge in [0.05, 0.1) is 5.54 Å². The third-order valence-corrected chi connectivity index (χ3v) is 3.53. The van der Waals surface area contributed by atoms with Gasteiger partial charge in [-0.25, -0.2) is 4.98 Å². The molecular formula is C9H16N4S. The Kier molecular flexibility index (Phi) is 2.69. The average Bonchev–Trinajstić information content (AvgIpc) is 2.59. The standard InChI is InChI=1S/C9H16N4S/c1-2-7-11-8(14-13-7)12-9(6-10)4-3-5-9/h2-6,10H2,1H3,(H,11,12,13). The van der Waals surface area contributed by atoms with E-state index in [-0.39, 0.29) is 5.54 Å². The minimum Gasteiger partial charge on any atom is -0.354 e. The Morgan fingerprint density at radius 2 is 2.36 bits per heavy atom. The number of hydrogen-bond donors (Lipinski definition) is 2. The first kappa shape index (κ1) is 9.86. The minimum absolute atomic E-state index is 0.116.